The first-order valence-electron chi connectivity index (χ1n) is 12.2. The van der Waals surface area contributed by atoms with E-state index in [4.69, 9.17) is 27.9 Å². The lowest BCUT2D eigenvalue weighted by atomic mass is 9.96. The van der Waals surface area contributed by atoms with E-state index in [0.717, 1.165) is 26.3 Å². The summed E-state index contributed by atoms with van der Waals surface area (Å²) in [5.74, 6) is -1.63. The number of hydrogen-bond donors (Lipinski definition) is 0. The van der Waals surface area contributed by atoms with Gasteiger partial charge in [0.05, 0.1) is 18.6 Å². The van der Waals surface area contributed by atoms with Crippen LogP contribution < -0.4 is 4.74 Å². The molecule has 2 aromatic rings. The van der Waals surface area contributed by atoms with Crippen molar-refractivity contribution in [3.8, 4) is 5.75 Å². The molecule has 0 amide bonds. The average molecular weight is 578 g/mol. The van der Waals surface area contributed by atoms with Gasteiger partial charge in [-0.2, -0.15) is 8.42 Å². The van der Waals surface area contributed by atoms with Crippen molar-refractivity contribution in [3.63, 3.8) is 0 Å². The number of benzene rings is 2. The molecule has 0 aromatic heterocycles. The van der Waals surface area contributed by atoms with Crippen molar-refractivity contribution in [2.75, 3.05) is 13.7 Å². The second-order valence-corrected chi connectivity index (χ2v) is 10.5. The van der Waals surface area contributed by atoms with E-state index in [9.17, 15) is 22.8 Å². The van der Waals surface area contributed by atoms with Gasteiger partial charge in [-0.15, -0.1) is 0 Å². The van der Waals surface area contributed by atoms with Crippen molar-refractivity contribution in [1.29, 1.82) is 0 Å². The molecule has 0 saturated carbocycles. The van der Waals surface area contributed by atoms with Crippen molar-refractivity contribution in [2.45, 2.75) is 63.2 Å². The molecule has 0 radical (unpaired) electrons. The molecule has 1 saturated heterocycles. The Morgan fingerprint density at radius 1 is 0.875 bits per heavy atom. The number of ether oxygens (including phenoxy) is 5. The summed E-state index contributed by atoms with van der Waals surface area (Å²) in [6.07, 6.45) is -4.03. The van der Waals surface area contributed by atoms with Crippen LogP contribution in [0.25, 0.3) is 0 Å². The molecule has 40 heavy (non-hydrogen) atoms. The highest BCUT2D eigenvalue weighted by atomic mass is 32.2. The zero-order chi connectivity index (χ0) is 29.4. The van der Waals surface area contributed by atoms with Crippen LogP contribution in [-0.2, 0) is 47.6 Å². The topological polar surface area (TPSA) is 153 Å². The third-order valence-electron chi connectivity index (χ3n) is 5.71. The summed E-state index contributed by atoms with van der Waals surface area (Å²) in [6, 6.07) is 11.6. The lowest BCUT2D eigenvalue weighted by molar-refractivity contribution is -0.264. The van der Waals surface area contributed by atoms with Crippen LogP contribution in [0.15, 0.2) is 58.4 Å². The maximum atomic E-state index is 12.8. The van der Waals surface area contributed by atoms with E-state index >= 15 is 0 Å². The maximum Gasteiger partial charge on any atom is 0.305 e. The van der Waals surface area contributed by atoms with Gasteiger partial charge in [-0.1, -0.05) is 17.7 Å². The molecule has 0 N–H and O–H groups in total. The fourth-order valence-corrected chi connectivity index (χ4v) is 4.81. The molecule has 216 valence electrons. The SMILES string of the molecule is COc1ccc(C=N[C@H]2[C@H](OC(C)=O)O[C@H](COS(=O)(=O)c3ccc(C)cc3)[C@@H](OC(C)=O)[C@@H]2OC(C)=O)cc1. The van der Waals surface area contributed by atoms with Gasteiger partial charge in [0.15, 0.2) is 18.2 Å². The highest BCUT2D eigenvalue weighted by Crippen LogP contribution is 2.30. The minimum absolute atomic E-state index is 0.104. The predicted molar refractivity (Wildman–Crippen MR) is 140 cm³/mol. The summed E-state index contributed by atoms with van der Waals surface area (Å²) in [7, 11) is -2.73. The number of aryl methyl sites for hydroxylation is 1. The monoisotopic (exact) mass is 577 g/mol. The van der Waals surface area contributed by atoms with Crippen molar-refractivity contribution in [1.82, 2.24) is 0 Å². The van der Waals surface area contributed by atoms with Crippen LogP contribution in [0.2, 0.25) is 0 Å². The maximum absolute atomic E-state index is 12.8. The fourth-order valence-electron chi connectivity index (χ4n) is 3.90. The van der Waals surface area contributed by atoms with Gasteiger partial charge in [-0.25, -0.2) is 0 Å². The van der Waals surface area contributed by atoms with Gasteiger partial charge in [-0.05, 0) is 48.9 Å². The molecule has 0 bridgehead atoms. The Kier molecular flexibility index (Phi) is 10.4. The molecular weight excluding hydrogens is 546 g/mol. The Bertz CT molecular complexity index is 1320. The van der Waals surface area contributed by atoms with E-state index in [1.165, 1.54) is 25.5 Å². The van der Waals surface area contributed by atoms with Crippen molar-refractivity contribution < 1.29 is 50.7 Å². The van der Waals surface area contributed by atoms with E-state index in [1.807, 2.05) is 0 Å². The Morgan fingerprint density at radius 2 is 1.45 bits per heavy atom. The van der Waals surface area contributed by atoms with Crippen molar-refractivity contribution >= 4 is 34.2 Å². The number of esters is 3. The molecule has 3 rings (SSSR count). The lowest BCUT2D eigenvalue weighted by Crippen LogP contribution is -2.61. The van der Waals surface area contributed by atoms with Gasteiger partial charge in [-0.3, -0.25) is 23.6 Å². The summed E-state index contributed by atoms with van der Waals surface area (Å²) in [6.45, 7) is 4.55. The zero-order valence-electron chi connectivity index (χ0n) is 22.6. The summed E-state index contributed by atoms with van der Waals surface area (Å²) < 4.78 is 58.1. The first kappa shape index (κ1) is 30.7. The number of carbonyl (C=O) groups excluding carboxylic acids is 3. The highest BCUT2D eigenvalue weighted by molar-refractivity contribution is 7.86. The van der Waals surface area contributed by atoms with Gasteiger partial charge in [0.2, 0.25) is 6.29 Å². The minimum atomic E-state index is -4.25. The van der Waals surface area contributed by atoms with Gasteiger partial charge in [0.25, 0.3) is 10.1 Å². The molecule has 1 aliphatic heterocycles. The lowest BCUT2D eigenvalue weighted by Gasteiger charge is -2.43. The highest BCUT2D eigenvalue weighted by Gasteiger charge is 2.51. The Balaban J connectivity index is 1.96. The Hall–Kier alpha value is -3.81. The van der Waals surface area contributed by atoms with E-state index in [1.54, 1.807) is 43.3 Å². The van der Waals surface area contributed by atoms with E-state index < -0.39 is 65.3 Å². The average Bonchev–Trinajstić information content (AvgIpc) is 2.88. The Labute approximate surface area is 232 Å². The quantitative estimate of drug-likeness (QED) is 0.177. The summed E-state index contributed by atoms with van der Waals surface area (Å²) in [5.41, 5.74) is 1.47. The minimum Gasteiger partial charge on any atom is -0.497 e. The molecule has 12 nitrogen and oxygen atoms in total. The molecule has 5 atom stereocenters. The van der Waals surface area contributed by atoms with Crippen LogP contribution in [0.5, 0.6) is 5.75 Å². The number of hydrogen-bond acceptors (Lipinski definition) is 12. The number of methoxy groups -OCH3 is 1. The van der Waals surface area contributed by atoms with E-state index in [2.05, 4.69) is 4.99 Å². The van der Waals surface area contributed by atoms with Crippen molar-refractivity contribution in [3.05, 3.63) is 59.7 Å². The van der Waals surface area contributed by atoms with Crippen molar-refractivity contribution in [2.24, 2.45) is 4.99 Å². The third kappa shape index (κ3) is 8.34. The largest absolute Gasteiger partial charge is 0.497 e. The smallest absolute Gasteiger partial charge is 0.305 e. The van der Waals surface area contributed by atoms with Crippen LogP contribution in [0, 0.1) is 6.92 Å². The molecule has 0 unspecified atom stereocenters. The van der Waals surface area contributed by atoms with E-state index in [-0.39, 0.29) is 4.90 Å². The van der Waals surface area contributed by atoms with Crippen LogP contribution in [0.4, 0.5) is 0 Å². The number of nitrogens with zero attached hydrogens (tertiary/aromatic N) is 1. The normalized spacial score (nSPS) is 22.9. The van der Waals surface area contributed by atoms with Crippen LogP contribution >= 0.6 is 0 Å². The third-order valence-corrected chi connectivity index (χ3v) is 7.01. The fraction of sp³-hybridized carbons (Fsp3) is 0.407. The second-order valence-electron chi connectivity index (χ2n) is 8.89. The molecule has 0 spiro atoms. The standard InChI is InChI=1S/C27H31NO11S/c1-16-6-12-22(13-7-16)40(32,33)35-15-23-25(36-17(2)29)26(37-18(3)30)24(27(39-23)38-19(4)31)28-14-20-8-10-21(34-5)11-9-20/h6-14,23-27H,15H2,1-5H3/t23-,24-,25-,26-,27-/m1/s1. The zero-order valence-corrected chi connectivity index (χ0v) is 23.5. The van der Waals surface area contributed by atoms with Gasteiger partial charge < -0.3 is 23.7 Å². The van der Waals surface area contributed by atoms with E-state index in [0.29, 0.717) is 11.3 Å². The first-order chi connectivity index (χ1) is 18.9. The molecule has 13 heteroatoms. The predicted octanol–water partition coefficient (Wildman–Crippen LogP) is 2.35. The first-order valence-corrected chi connectivity index (χ1v) is 13.6. The number of rotatable bonds is 10. The Morgan fingerprint density at radius 3 is 2.00 bits per heavy atom. The number of aliphatic imine (C=N–C) groups is 1. The van der Waals surface area contributed by atoms with Crippen LogP contribution in [0.1, 0.15) is 31.9 Å². The molecule has 0 aliphatic carbocycles. The van der Waals surface area contributed by atoms with Gasteiger partial charge in [0, 0.05) is 27.0 Å². The molecule has 1 aliphatic rings. The van der Waals surface area contributed by atoms with Crippen LogP contribution in [-0.4, -0.2) is 76.9 Å². The van der Waals surface area contributed by atoms with Gasteiger partial charge in [0.1, 0.15) is 11.9 Å². The van der Waals surface area contributed by atoms with Crippen LogP contribution in [0.3, 0.4) is 0 Å². The molecular formula is C27H31NO11S. The molecule has 2 aromatic carbocycles. The molecule has 1 heterocycles. The summed E-state index contributed by atoms with van der Waals surface area (Å²) in [5, 5.41) is 0. The van der Waals surface area contributed by atoms with Gasteiger partial charge >= 0.3 is 17.9 Å². The second kappa shape index (κ2) is 13.5. The number of carbonyl (C=O) groups is 3. The molecule has 1 fully saturated rings. The summed E-state index contributed by atoms with van der Waals surface area (Å²) in [4.78, 5) is 40.4. The summed E-state index contributed by atoms with van der Waals surface area (Å²) >= 11 is 0.